The molecule has 1 aliphatic heterocycles. The fraction of sp³-hybridized carbons (Fsp3) is 0.320. The van der Waals surface area contributed by atoms with Crippen LogP contribution >= 0.6 is 0 Å². The van der Waals surface area contributed by atoms with Crippen LogP contribution in [0.3, 0.4) is 0 Å². The summed E-state index contributed by atoms with van der Waals surface area (Å²) in [6.07, 6.45) is 3.45. The Morgan fingerprint density at radius 2 is 2.03 bits per heavy atom. The van der Waals surface area contributed by atoms with Crippen LogP contribution in [-0.4, -0.2) is 54.3 Å². The van der Waals surface area contributed by atoms with Crippen LogP contribution in [0, 0.1) is 0 Å². The van der Waals surface area contributed by atoms with E-state index in [1.54, 1.807) is 37.4 Å². The molecule has 3 atom stereocenters. The Kier molecular flexibility index (Phi) is 8.41. The molecule has 164 valence electrons. The van der Waals surface area contributed by atoms with E-state index < -0.39 is 12.3 Å². The number of aliphatic hydroxyl groups excluding tert-OH is 1. The minimum Gasteiger partial charge on any atom is -0.472 e. The minimum absolute atomic E-state index is 0.0559. The molecule has 1 aliphatic rings. The molecule has 6 nitrogen and oxygen atoms in total. The monoisotopic (exact) mass is 421 g/mol. The predicted octanol–water partition coefficient (Wildman–Crippen LogP) is 2.89. The van der Waals surface area contributed by atoms with Gasteiger partial charge in [-0.05, 0) is 24.6 Å². The highest BCUT2D eigenvalue weighted by Crippen LogP contribution is 2.29. The fourth-order valence-corrected chi connectivity index (χ4v) is 3.73. The van der Waals surface area contributed by atoms with E-state index in [-0.39, 0.29) is 11.8 Å². The molecule has 0 amide bonds. The number of ether oxygens (including phenoxy) is 1. The molecule has 3 unspecified atom stereocenters. The average Bonchev–Trinajstić information content (AvgIpc) is 2.81. The number of para-hydroxylation sites is 1. The first-order chi connectivity index (χ1) is 15.1. The van der Waals surface area contributed by atoms with Crippen molar-refractivity contribution in [2.75, 3.05) is 26.2 Å². The van der Waals surface area contributed by atoms with Crippen molar-refractivity contribution in [3.63, 3.8) is 0 Å². The minimum atomic E-state index is -0.753. The zero-order valence-corrected chi connectivity index (χ0v) is 17.9. The molecule has 0 spiro atoms. The number of hydrogen-bond donors (Lipinski definition) is 3. The second-order valence-electron chi connectivity index (χ2n) is 7.51. The van der Waals surface area contributed by atoms with Gasteiger partial charge in [-0.15, -0.1) is 6.58 Å². The van der Waals surface area contributed by atoms with E-state index in [0.29, 0.717) is 17.9 Å². The number of aliphatic hydroxyl groups is 1. The van der Waals surface area contributed by atoms with Gasteiger partial charge in [-0.25, -0.2) is 0 Å². The van der Waals surface area contributed by atoms with Crippen molar-refractivity contribution in [2.24, 2.45) is 0 Å². The zero-order valence-electron chi connectivity index (χ0n) is 17.9. The molecule has 0 saturated carbocycles. The van der Waals surface area contributed by atoms with E-state index >= 15 is 0 Å². The number of piperazine rings is 1. The smallest absolute Gasteiger partial charge is 0.190 e. The van der Waals surface area contributed by atoms with Crippen LogP contribution in [0.15, 0.2) is 79.5 Å². The van der Waals surface area contributed by atoms with Crippen molar-refractivity contribution in [1.82, 2.24) is 15.5 Å². The van der Waals surface area contributed by atoms with Gasteiger partial charge in [0.05, 0.1) is 11.6 Å². The second-order valence-corrected chi connectivity index (χ2v) is 7.51. The van der Waals surface area contributed by atoms with E-state index in [0.717, 1.165) is 25.2 Å². The Hall–Kier alpha value is -2.93. The summed E-state index contributed by atoms with van der Waals surface area (Å²) in [4.78, 5) is 14.9. The largest absolute Gasteiger partial charge is 0.472 e. The topological polar surface area (TPSA) is 73.8 Å². The van der Waals surface area contributed by atoms with Crippen molar-refractivity contribution < 1.29 is 14.6 Å². The summed E-state index contributed by atoms with van der Waals surface area (Å²) >= 11 is 0. The molecular weight excluding hydrogens is 390 g/mol. The summed E-state index contributed by atoms with van der Waals surface area (Å²) in [6.45, 7) is 8.21. The number of hydrogen-bond acceptors (Lipinski definition) is 6. The summed E-state index contributed by atoms with van der Waals surface area (Å²) < 4.78 is 6.30. The first kappa shape index (κ1) is 22.7. The van der Waals surface area contributed by atoms with E-state index in [1.165, 1.54) is 6.08 Å². The van der Waals surface area contributed by atoms with Gasteiger partial charge < -0.3 is 20.5 Å². The van der Waals surface area contributed by atoms with Crippen molar-refractivity contribution in [1.29, 1.82) is 0 Å². The molecule has 2 aromatic carbocycles. The van der Waals surface area contributed by atoms with Gasteiger partial charge in [0.25, 0.3) is 0 Å². The SMILES string of the molecule is C=CCNC=CC(=O)c1ccccc1OC(C(C)O)N1CCNCC1c1ccccc1. The van der Waals surface area contributed by atoms with Crippen LogP contribution in [-0.2, 0) is 0 Å². The highest BCUT2D eigenvalue weighted by Gasteiger charge is 2.34. The van der Waals surface area contributed by atoms with Gasteiger partial charge in [-0.1, -0.05) is 48.5 Å². The number of nitrogens with zero attached hydrogens (tertiary/aromatic N) is 1. The van der Waals surface area contributed by atoms with Gasteiger partial charge in [0.2, 0.25) is 0 Å². The summed E-state index contributed by atoms with van der Waals surface area (Å²) in [6, 6.07) is 17.4. The maximum Gasteiger partial charge on any atom is 0.190 e. The first-order valence-electron chi connectivity index (χ1n) is 10.6. The lowest BCUT2D eigenvalue weighted by atomic mass is 10.0. The van der Waals surface area contributed by atoms with Crippen LogP contribution in [0.1, 0.15) is 28.9 Å². The van der Waals surface area contributed by atoms with Gasteiger partial charge in [0, 0.05) is 38.5 Å². The Morgan fingerprint density at radius 1 is 1.29 bits per heavy atom. The Bertz CT molecular complexity index is 883. The van der Waals surface area contributed by atoms with Gasteiger partial charge >= 0.3 is 0 Å². The number of nitrogens with one attached hydrogen (secondary N) is 2. The molecule has 2 aromatic rings. The molecule has 0 aromatic heterocycles. The van der Waals surface area contributed by atoms with E-state index in [9.17, 15) is 9.90 Å². The third kappa shape index (κ3) is 6.04. The van der Waals surface area contributed by atoms with Crippen LogP contribution in [0.2, 0.25) is 0 Å². The van der Waals surface area contributed by atoms with E-state index in [4.69, 9.17) is 4.74 Å². The molecule has 0 aliphatic carbocycles. The Labute approximate surface area is 184 Å². The highest BCUT2D eigenvalue weighted by atomic mass is 16.5. The van der Waals surface area contributed by atoms with E-state index in [1.807, 2.05) is 24.3 Å². The third-order valence-corrected chi connectivity index (χ3v) is 5.22. The molecule has 3 rings (SSSR count). The zero-order chi connectivity index (χ0) is 22.1. The van der Waals surface area contributed by atoms with Crippen molar-refractivity contribution >= 4 is 5.78 Å². The number of carbonyl (C=O) groups excluding carboxylic acids is 1. The van der Waals surface area contributed by atoms with Gasteiger partial charge in [0.15, 0.2) is 12.0 Å². The number of carbonyl (C=O) groups is 1. The van der Waals surface area contributed by atoms with Crippen LogP contribution < -0.4 is 15.4 Å². The molecule has 1 fully saturated rings. The third-order valence-electron chi connectivity index (χ3n) is 5.22. The molecule has 0 bridgehead atoms. The number of rotatable bonds is 10. The summed E-state index contributed by atoms with van der Waals surface area (Å²) in [7, 11) is 0. The van der Waals surface area contributed by atoms with Crippen LogP contribution in [0.25, 0.3) is 0 Å². The molecule has 6 heteroatoms. The molecule has 1 heterocycles. The maximum absolute atomic E-state index is 12.7. The van der Waals surface area contributed by atoms with Gasteiger partial charge in [0.1, 0.15) is 11.9 Å². The molecule has 3 N–H and O–H groups in total. The number of allylic oxidation sites excluding steroid dienone is 1. The summed E-state index contributed by atoms with van der Waals surface area (Å²) in [5.74, 6) is 0.286. The lowest BCUT2D eigenvalue weighted by Crippen LogP contribution is -2.55. The van der Waals surface area contributed by atoms with Crippen LogP contribution in [0.5, 0.6) is 5.75 Å². The van der Waals surface area contributed by atoms with Gasteiger partial charge in [-0.3, -0.25) is 9.69 Å². The maximum atomic E-state index is 12.7. The highest BCUT2D eigenvalue weighted by molar-refractivity contribution is 6.06. The Balaban J connectivity index is 1.84. The first-order valence-corrected chi connectivity index (χ1v) is 10.6. The lowest BCUT2D eigenvalue weighted by molar-refractivity contribution is -0.0849. The quantitative estimate of drug-likeness (QED) is 0.237. The van der Waals surface area contributed by atoms with Crippen molar-refractivity contribution in [3.8, 4) is 5.75 Å². The summed E-state index contributed by atoms with van der Waals surface area (Å²) in [5, 5.41) is 17.0. The van der Waals surface area contributed by atoms with Gasteiger partial charge in [-0.2, -0.15) is 0 Å². The predicted molar refractivity (Wildman–Crippen MR) is 123 cm³/mol. The second kappa shape index (κ2) is 11.5. The molecular formula is C25H31N3O3. The average molecular weight is 422 g/mol. The number of ketones is 1. The summed E-state index contributed by atoms with van der Waals surface area (Å²) in [5.41, 5.74) is 1.61. The van der Waals surface area contributed by atoms with Crippen LogP contribution in [0.4, 0.5) is 0 Å². The van der Waals surface area contributed by atoms with E-state index in [2.05, 4.69) is 34.2 Å². The lowest BCUT2D eigenvalue weighted by Gasteiger charge is -2.42. The fourth-order valence-electron chi connectivity index (χ4n) is 3.73. The molecule has 1 saturated heterocycles. The molecule has 0 radical (unpaired) electrons. The standard InChI is InChI=1S/C25H31N3O3/c1-3-14-26-15-13-23(30)21-11-7-8-12-24(21)31-25(19(2)29)28-17-16-27-18-22(28)20-9-5-4-6-10-20/h3-13,15,19,22,25-27,29H,1,14,16-18H2,2H3. The Morgan fingerprint density at radius 3 is 2.77 bits per heavy atom. The normalized spacial score (nSPS) is 19.0. The van der Waals surface area contributed by atoms with Crippen molar-refractivity contribution in [3.05, 3.63) is 90.7 Å². The molecule has 31 heavy (non-hydrogen) atoms. The number of benzene rings is 2. The van der Waals surface area contributed by atoms with Crippen molar-refractivity contribution in [2.45, 2.75) is 25.3 Å².